The fraction of sp³-hybridized carbons (Fsp3) is 0.387. The number of nitriles is 1. The van der Waals surface area contributed by atoms with Crippen LogP contribution in [0.1, 0.15) is 58.9 Å². The zero-order valence-corrected chi connectivity index (χ0v) is 24.0. The molecule has 2 aromatic heterocycles. The summed E-state index contributed by atoms with van der Waals surface area (Å²) in [4.78, 5) is 41.5. The maximum Gasteiger partial charge on any atom is 0.417 e. The Hall–Kier alpha value is -4.85. The molecule has 3 heterocycles. The monoisotopic (exact) mass is 567 g/mol. The van der Waals surface area contributed by atoms with Gasteiger partial charge in [-0.25, -0.2) is 9.78 Å². The molecule has 1 aliphatic heterocycles. The molecule has 1 amide bonds. The van der Waals surface area contributed by atoms with Crippen LogP contribution in [-0.4, -0.2) is 39.0 Å². The standard InChI is InChI=1S/C31H33N7O4/c1-17(2)41-26-12-10-23(13-20(26)15-32)38-25-16-33-30(34-21-7-11-24-27(14-21)42-31(40)35-24)36-28(25)37(19(4)29(38)39)22-8-5-18(3)6-9-22/h7,10-14,16-19,22H,5-6,8-9H2,1-4H3,(H,35,40)(H,33,34,36)/t18-,19-,22-/m1/s1. The summed E-state index contributed by atoms with van der Waals surface area (Å²) in [5, 5.41) is 13.1. The van der Waals surface area contributed by atoms with Crippen molar-refractivity contribution in [2.45, 2.75) is 71.6 Å². The predicted molar refractivity (Wildman–Crippen MR) is 160 cm³/mol. The van der Waals surface area contributed by atoms with Crippen molar-refractivity contribution in [3.8, 4) is 11.8 Å². The number of aromatic nitrogens is 3. The molecule has 1 saturated carbocycles. The van der Waals surface area contributed by atoms with E-state index in [0.717, 1.165) is 25.7 Å². The number of oxazole rings is 1. The van der Waals surface area contributed by atoms with Crippen LogP contribution in [0.4, 0.5) is 28.8 Å². The van der Waals surface area contributed by atoms with E-state index in [4.69, 9.17) is 14.1 Å². The van der Waals surface area contributed by atoms with Gasteiger partial charge in [-0.1, -0.05) is 6.92 Å². The van der Waals surface area contributed by atoms with E-state index >= 15 is 0 Å². The average molecular weight is 568 g/mol. The van der Waals surface area contributed by atoms with Crippen LogP contribution < -0.4 is 25.6 Å². The minimum absolute atomic E-state index is 0.0969. The molecule has 0 bridgehead atoms. The molecule has 0 radical (unpaired) electrons. The van der Waals surface area contributed by atoms with Crippen LogP contribution in [0.25, 0.3) is 11.1 Å². The first-order valence-electron chi connectivity index (χ1n) is 14.3. The summed E-state index contributed by atoms with van der Waals surface area (Å²) in [6.07, 6.45) is 5.65. The van der Waals surface area contributed by atoms with E-state index in [1.165, 1.54) is 0 Å². The topological polar surface area (TPSA) is 140 Å². The van der Waals surface area contributed by atoms with Gasteiger partial charge in [0.1, 0.15) is 23.5 Å². The lowest BCUT2D eigenvalue weighted by Gasteiger charge is -2.46. The molecule has 1 fully saturated rings. The van der Waals surface area contributed by atoms with Gasteiger partial charge in [-0.2, -0.15) is 10.2 Å². The van der Waals surface area contributed by atoms with Crippen molar-refractivity contribution in [2.24, 2.45) is 5.92 Å². The van der Waals surface area contributed by atoms with Gasteiger partial charge >= 0.3 is 5.76 Å². The van der Waals surface area contributed by atoms with Crippen LogP contribution in [-0.2, 0) is 4.79 Å². The van der Waals surface area contributed by atoms with Gasteiger partial charge in [-0.05, 0) is 82.7 Å². The van der Waals surface area contributed by atoms with Gasteiger partial charge in [0.15, 0.2) is 11.4 Å². The zero-order chi connectivity index (χ0) is 29.5. The van der Waals surface area contributed by atoms with Gasteiger partial charge in [-0.3, -0.25) is 14.7 Å². The fourth-order valence-electron chi connectivity index (χ4n) is 5.91. The summed E-state index contributed by atoms with van der Waals surface area (Å²) in [6.45, 7) is 7.98. The molecular formula is C31H33N7O4. The number of fused-ring (bicyclic) bond motifs is 2. The van der Waals surface area contributed by atoms with E-state index in [1.54, 1.807) is 47.5 Å². The van der Waals surface area contributed by atoms with Crippen LogP contribution in [0.5, 0.6) is 5.75 Å². The molecule has 2 aliphatic rings. The summed E-state index contributed by atoms with van der Waals surface area (Å²) in [5.41, 5.74) is 3.12. The largest absolute Gasteiger partial charge is 0.490 e. The number of rotatable bonds is 6. The van der Waals surface area contributed by atoms with Crippen molar-refractivity contribution in [1.82, 2.24) is 15.0 Å². The molecule has 6 rings (SSSR count). The van der Waals surface area contributed by atoms with Crippen LogP contribution in [0.15, 0.2) is 51.8 Å². The molecular weight excluding hydrogens is 534 g/mol. The second kappa shape index (κ2) is 10.9. The third-order valence-corrected chi connectivity index (χ3v) is 7.99. The molecule has 11 nitrogen and oxygen atoms in total. The van der Waals surface area contributed by atoms with Crippen LogP contribution in [0.3, 0.4) is 0 Å². The van der Waals surface area contributed by atoms with Crippen molar-refractivity contribution in [3.05, 3.63) is 58.7 Å². The molecule has 0 saturated heterocycles. The number of carbonyl (C=O) groups excluding carboxylic acids is 1. The maximum absolute atomic E-state index is 14.0. The molecule has 0 unspecified atom stereocenters. The SMILES string of the molecule is CC(C)Oc1ccc(N2C(=O)[C@@H](C)N([C@H]3CC[C@H](C)CC3)c3nc(Nc4ccc5[nH]c(=O)oc5c4)ncc32)cc1C#N. The number of hydrogen-bond acceptors (Lipinski definition) is 9. The Morgan fingerprint density at radius 3 is 2.64 bits per heavy atom. The quantitative estimate of drug-likeness (QED) is 0.297. The fourth-order valence-corrected chi connectivity index (χ4v) is 5.91. The molecule has 2 N–H and O–H groups in total. The van der Waals surface area contributed by atoms with Crippen molar-refractivity contribution in [1.29, 1.82) is 5.26 Å². The predicted octanol–water partition coefficient (Wildman–Crippen LogP) is 5.77. The van der Waals surface area contributed by atoms with Gasteiger partial charge in [0, 0.05) is 17.8 Å². The minimum Gasteiger partial charge on any atom is -0.490 e. The number of nitrogens with one attached hydrogen (secondary N) is 2. The first-order chi connectivity index (χ1) is 20.2. The lowest BCUT2D eigenvalue weighted by molar-refractivity contribution is -0.119. The first kappa shape index (κ1) is 27.3. The average Bonchev–Trinajstić information content (AvgIpc) is 3.34. The van der Waals surface area contributed by atoms with Gasteiger partial charge in [0.25, 0.3) is 5.91 Å². The summed E-state index contributed by atoms with van der Waals surface area (Å²) >= 11 is 0. The van der Waals surface area contributed by atoms with Crippen LogP contribution in [0.2, 0.25) is 0 Å². The molecule has 4 aromatic rings. The Balaban J connectivity index is 1.42. The molecule has 2 aromatic carbocycles. The van der Waals surface area contributed by atoms with Gasteiger partial charge < -0.3 is 19.4 Å². The Morgan fingerprint density at radius 2 is 1.90 bits per heavy atom. The number of ether oxygens (including phenoxy) is 1. The highest BCUT2D eigenvalue weighted by molar-refractivity contribution is 6.10. The lowest BCUT2D eigenvalue weighted by Crippen LogP contribution is -2.55. The second-order valence-electron chi connectivity index (χ2n) is 11.4. The van der Waals surface area contributed by atoms with E-state index < -0.39 is 11.8 Å². The lowest BCUT2D eigenvalue weighted by atomic mass is 9.85. The highest BCUT2D eigenvalue weighted by Crippen LogP contribution is 2.43. The molecule has 0 spiro atoms. The summed E-state index contributed by atoms with van der Waals surface area (Å²) in [7, 11) is 0. The van der Waals surface area contributed by atoms with Crippen molar-refractivity contribution in [3.63, 3.8) is 0 Å². The Labute approximate surface area is 243 Å². The molecule has 1 atom stereocenters. The maximum atomic E-state index is 14.0. The number of aromatic amines is 1. The van der Waals surface area contributed by atoms with Crippen molar-refractivity contribution >= 4 is 45.8 Å². The van der Waals surface area contributed by atoms with E-state index in [-0.39, 0.29) is 18.1 Å². The van der Waals surface area contributed by atoms with Gasteiger partial charge in [0.05, 0.1) is 29.1 Å². The van der Waals surface area contributed by atoms with E-state index in [1.807, 2.05) is 20.8 Å². The number of benzene rings is 2. The second-order valence-corrected chi connectivity index (χ2v) is 11.4. The van der Waals surface area contributed by atoms with Gasteiger partial charge in [0.2, 0.25) is 5.95 Å². The third-order valence-electron chi connectivity index (χ3n) is 7.99. The zero-order valence-electron chi connectivity index (χ0n) is 24.0. The summed E-state index contributed by atoms with van der Waals surface area (Å²) in [6, 6.07) is 12.3. The number of anilines is 5. The summed E-state index contributed by atoms with van der Waals surface area (Å²) in [5.74, 6) is 1.48. The third kappa shape index (κ3) is 5.04. The molecule has 216 valence electrons. The number of nitrogens with zero attached hydrogens (tertiary/aromatic N) is 5. The van der Waals surface area contributed by atoms with E-state index in [9.17, 15) is 14.9 Å². The summed E-state index contributed by atoms with van der Waals surface area (Å²) < 4.78 is 11.0. The number of H-pyrrole nitrogens is 1. The van der Waals surface area contributed by atoms with Crippen molar-refractivity contribution in [2.75, 3.05) is 15.1 Å². The smallest absolute Gasteiger partial charge is 0.417 e. The highest BCUT2D eigenvalue weighted by Gasteiger charge is 2.42. The normalized spacial score (nSPS) is 20.5. The highest BCUT2D eigenvalue weighted by atomic mass is 16.5. The first-order valence-corrected chi connectivity index (χ1v) is 14.3. The number of carbonyl (C=O) groups is 1. The Kier molecular flexibility index (Phi) is 7.06. The molecule has 1 aliphatic carbocycles. The number of amides is 1. The van der Waals surface area contributed by atoms with Crippen LogP contribution >= 0.6 is 0 Å². The molecule has 11 heteroatoms. The van der Waals surface area contributed by atoms with Crippen molar-refractivity contribution < 1.29 is 13.9 Å². The Bertz CT molecular complexity index is 1750. The van der Waals surface area contributed by atoms with Gasteiger partial charge in [-0.15, -0.1) is 0 Å². The molecule has 42 heavy (non-hydrogen) atoms. The van der Waals surface area contributed by atoms with E-state index in [2.05, 4.69) is 33.2 Å². The van der Waals surface area contributed by atoms with E-state index in [0.29, 0.717) is 57.2 Å². The number of hydrogen-bond donors (Lipinski definition) is 2. The Morgan fingerprint density at radius 1 is 1.12 bits per heavy atom. The minimum atomic E-state index is -0.522. The van der Waals surface area contributed by atoms with Crippen LogP contribution in [0, 0.1) is 17.2 Å².